The lowest BCUT2D eigenvalue weighted by atomic mass is 9.97. The van der Waals surface area contributed by atoms with Crippen LogP contribution in [-0.2, 0) is 16.6 Å². The van der Waals surface area contributed by atoms with Crippen molar-refractivity contribution in [1.82, 2.24) is 4.31 Å². The maximum Gasteiger partial charge on any atom is 0.246 e. The van der Waals surface area contributed by atoms with Crippen molar-refractivity contribution in [1.29, 1.82) is 0 Å². The summed E-state index contributed by atoms with van der Waals surface area (Å²) in [6, 6.07) is 2.38. The van der Waals surface area contributed by atoms with Crippen LogP contribution in [0.2, 0.25) is 5.02 Å². The summed E-state index contributed by atoms with van der Waals surface area (Å²) in [6.45, 7) is 4.14. The first-order valence-electron chi connectivity index (χ1n) is 6.97. The molecule has 21 heavy (non-hydrogen) atoms. The fourth-order valence-corrected chi connectivity index (χ4v) is 4.89. The normalized spacial score (nSPS) is 24.2. The second kappa shape index (κ2) is 6.20. The minimum absolute atomic E-state index is 0.0964. The van der Waals surface area contributed by atoms with Crippen LogP contribution in [0.4, 0.5) is 4.39 Å². The molecule has 1 fully saturated rings. The zero-order valence-electron chi connectivity index (χ0n) is 12.1. The highest BCUT2D eigenvalue weighted by Gasteiger charge is 2.35. The Kier molecular flexibility index (Phi) is 4.92. The molecule has 0 amide bonds. The summed E-state index contributed by atoms with van der Waals surface area (Å²) in [4.78, 5) is -0.378. The molecule has 0 bridgehead atoms. The van der Waals surface area contributed by atoms with Crippen LogP contribution in [0.15, 0.2) is 17.0 Å². The molecule has 118 valence electrons. The van der Waals surface area contributed by atoms with Crippen LogP contribution in [0, 0.1) is 11.7 Å². The van der Waals surface area contributed by atoms with E-state index in [1.54, 1.807) is 0 Å². The number of hydrogen-bond donors (Lipinski definition) is 1. The van der Waals surface area contributed by atoms with Crippen molar-refractivity contribution in [2.24, 2.45) is 11.7 Å². The molecular formula is C14H20ClFN2O2S. The minimum Gasteiger partial charge on any atom is -0.326 e. The summed E-state index contributed by atoms with van der Waals surface area (Å²) in [5.74, 6) is -0.542. The first-order chi connectivity index (χ1) is 9.77. The molecule has 1 heterocycles. The molecule has 0 spiro atoms. The number of piperidine rings is 1. The lowest BCUT2D eigenvalue weighted by Crippen LogP contribution is -2.45. The van der Waals surface area contributed by atoms with E-state index in [0.717, 1.165) is 18.9 Å². The average Bonchev–Trinajstić information content (AvgIpc) is 2.43. The number of sulfonamides is 1. The van der Waals surface area contributed by atoms with Gasteiger partial charge in [0.2, 0.25) is 10.0 Å². The third-order valence-electron chi connectivity index (χ3n) is 3.95. The molecule has 2 unspecified atom stereocenters. The monoisotopic (exact) mass is 334 g/mol. The first kappa shape index (κ1) is 16.7. The highest BCUT2D eigenvalue weighted by atomic mass is 35.5. The van der Waals surface area contributed by atoms with Gasteiger partial charge in [-0.2, -0.15) is 4.31 Å². The van der Waals surface area contributed by atoms with E-state index in [-0.39, 0.29) is 34.0 Å². The Morgan fingerprint density at radius 2 is 2.05 bits per heavy atom. The number of nitrogens with two attached hydrogens (primary N) is 1. The lowest BCUT2D eigenvalue weighted by Gasteiger charge is -2.35. The third-order valence-corrected chi connectivity index (χ3v) is 6.14. The van der Waals surface area contributed by atoms with Gasteiger partial charge in [0.1, 0.15) is 10.7 Å². The highest BCUT2D eigenvalue weighted by molar-refractivity contribution is 7.89. The van der Waals surface area contributed by atoms with Crippen LogP contribution in [0.1, 0.15) is 32.3 Å². The number of nitrogens with zero attached hydrogens (tertiary/aromatic N) is 1. The maximum atomic E-state index is 14.4. The van der Waals surface area contributed by atoms with Gasteiger partial charge in [0.15, 0.2) is 0 Å². The summed E-state index contributed by atoms with van der Waals surface area (Å²) < 4.78 is 41.3. The summed E-state index contributed by atoms with van der Waals surface area (Å²) in [7, 11) is -3.91. The molecule has 1 aromatic rings. The van der Waals surface area contributed by atoms with E-state index in [1.807, 2.05) is 13.8 Å². The van der Waals surface area contributed by atoms with E-state index in [1.165, 1.54) is 10.4 Å². The zero-order valence-corrected chi connectivity index (χ0v) is 13.7. The van der Waals surface area contributed by atoms with Gasteiger partial charge in [-0.1, -0.05) is 18.5 Å². The average molecular weight is 335 g/mol. The molecule has 2 atom stereocenters. The molecule has 0 saturated carbocycles. The van der Waals surface area contributed by atoms with Gasteiger partial charge >= 0.3 is 0 Å². The predicted molar refractivity (Wildman–Crippen MR) is 81.1 cm³/mol. The van der Waals surface area contributed by atoms with Gasteiger partial charge in [0, 0.05) is 29.7 Å². The molecule has 0 aromatic heterocycles. The van der Waals surface area contributed by atoms with E-state index < -0.39 is 15.8 Å². The molecule has 1 saturated heterocycles. The van der Waals surface area contributed by atoms with E-state index in [4.69, 9.17) is 17.3 Å². The highest BCUT2D eigenvalue weighted by Crippen LogP contribution is 2.31. The van der Waals surface area contributed by atoms with Crippen molar-refractivity contribution in [3.63, 3.8) is 0 Å². The van der Waals surface area contributed by atoms with E-state index in [9.17, 15) is 12.8 Å². The van der Waals surface area contributed by atoms with Crippen molar-refractivity contribution < 1.29 is 12.8 Å². The topological polar surface area (TPSA) is 63.4 Å². The number of halogens is 2. The third kappa shape index (κ3) is 3.23. The molecule has 0 radical (unpaired) electrons. The molecule has 4 nitrogen and oxygen atoms in total. The zero-order chi connectivity index (χ0) is 15.8. The molecule has 2 rings (SSSR count). The summed E-state index contributed by atoms with van der Waals surface area (Å²) in [6.07, 6.45) is 1.74. The second-order valence-corrected chi connectivity index (χ2v) is 7.98. The maximum absolute atomic E-state index is 14.4. The summed E-state index contributed by atoms with van der Waals surface area (Å²) in [5, 5.41) is 0.174. The van der Waals surface area contributed by atoms with Gasteiger partial charge in [-0.15, -0.1) is 0 Å². The quantitative estimate of drug-likeness (QED) is 0.924. The molecule has 1 aromatic carbocycles. The minimum atomic E-state index is -3.91. The number of benzene rings is 1. The Morgan fingerprint density at radius 1 is 1.38 bits per heavy atom. The van der Waals surface area contributed by atoms with Crippen LogP contribution in [0.25, 0.3) is 0 Å². The van der Waals surface area contributed by atoms with Crippen molar-refractivity contribution in [3.8, 4) is 0 Å². The smallest absolute Gasteiger partial charge is 0.246 e. The molecular weight excluding hydrogens is 315 g/mol. The Balaban J connectivity index is 2.51. The van der Waals surface area contributed by atoms with Crippen molar-refractivity contribution in [3.05, 3.63) is 28.5 Å². The van der Waals surface area contributed by atoms with E-state index in [2.05, 4.69) is 0 Å². The van der Waals surface area contributed by atoms with Crippen molar-refractivity contribution in [2.45, 2.75) is 44.2 Å². The van der Waals surface area contributed by atoms with Gasteiger partial charge in [0.25, 0.3) is 0 Å². The predicted octanol–water partition coefficient (Wildman–Crippen LogP) is 2.75. The molecule has 7 heteroatoms. The number of rotatable bonds is 3. The lowest BCUT2D eigenvalue weighted by molar-refractivity contribution is 0.217. The Labute approximate surface area is 130 Å². The Hall–Kier alpha value is -0.690. The molecule has 1 aliphatic rings. The van der Waals surface area contributed by atoms with Crippen molar-refractivity contribution >= 4 is 21.6 Å². The SMILES string of the molecule is CC1CCC(C)N(S(=O)(=O)c2cc(Cl)cc(CN)c2F)C1. The van der Waals surface area contributed by atoms with Gasteiger partial charge in [-0.3, -0.25) is 0 Å². The van der Waals surface area contributed by atoms with Crippen molar-refractivity contribution in [2.75, 3.05) is 6.54 Å². The van der Waals surface area contributed by atoms with Crippen LogP contribution in [0.5, 0.6) is 0 Å². The van der Waals surface area contributed by atoms with Crippen LogP contribution >= 0.6 is 11.6 Å². The number of hydrogen-bond acceptors (Lipinski definition) is 3. The first-order valence-corrected chi connectivity index (χ1v) is 8.79. The van der Waals surface area contributed by atoms with Gasteiger partial charge in [-0.05, 0) is 37.8 Å². The van der Waals surface area contributed by atoms with Crippen LogP contribution in [0.3, 0.4) is 0 Å². The van der Waals surface area contributed by atoms with Crippen LogP contribution < -0.4 is 5.73 Å². The largest absolute Gasteiger partial charge is 0.326 e. The van der Waals surface area contributed by atoms with Crippen LogP contribution in [-0.4, -0.2) is 25.3 Å². The second-order valence-electron chi connectivity index (χ2n) is 5.69. The van der Waals surface area contributed by atoms with Gasteiger partial charge in [-0.25, -0.2) is 12.8 Å². The Morgan fingerprint density at radius 3 is 2.67 bits per heavy atom. The standard InChI is InChI=1S/C14H20ClFN2O2S/c1-9-3-4-10(2)18(8-9)21(19,20)13-6-12(15)5-11(7-17)14(13)16/h5-6,9-10H,3-4,7-8,17H2,1-2H3. The molecule has 0 aliphatic carbocycles. The van der Waals surface area contributed by atoms with E-state index in [0.29, 0.717) is 6.54 Å². The molecule has 2 N–H and O–H groups in total. The fraction of sp³-hybridized carbons (Fsp3) is 0.571. The van der Waals surface area contributed by atoms with E-state index >= 15 is 0 Å². The summed E-state index contributed by atoms with van der Waals surface area (Å²) >= 11 is 5.91. The Bertz CT molecular complexity index is 636. The van der Waals surface area contributed by atoms with Gasteiger partial charge < -0.3 is 5.73 Å². The molecule has 1 aliphatic heterocycles. The summed E-state index contributed by atoms with van der Waals surface area (Å²) in [5.41, 5.74) is 5.56. The fourth-order valence-electron chi connectivity index (χ4n) is 2.66. The van der Waals surface area contributed by atoms with Gasteiger partial charge in [0.05, 0.1) is 0 Å².